The molecule has 0 fully saturated rings. The highest BCUT2D eigenvalue weighted by molar-refractivity contribution is 9.10. The van der Waals surface area contributed by atoms with E-state index in [0.717, 1.165) is 18.6 Å². The van der Waals surface area contributed by atoms with E-state index < -0.39 is 11.7 Å². The summed E-state index contributed by atoms with van der Waals surface area (Å²) in [5, 5.41) is 3.04. The maximum absolute atomic E-state index is 12.6. The van der Waals surface area contributed by atoms with Crippen molar-refractivity contribution in [2.24, 2.45) is 0 Å². The van der Waals surface area contributed by atoms with Gasteiger partial charge in [0, 0.05) is 23.3 Å². The molecule has 1 aromatic rings. The average Bonchev–Trinajstić information content (AvgIpc) is 2.29. The summed E-state index contributed by atoms with van der Waals surface area (Å²) >= 11 is 3.24. The van der Waals surface area contributed by atoms with Gasteiger partial charge in [-0.2, -0.15) is 13.2 Å². The topological polar surface area (TPSA) is 21.3 Å². The highest BCUT2D eigenvalue weighted by atomic mass is 79.9. The van der Waals surface area contributed by atoms with Crippen molar-refractivity contribution in [3.63, 3.8) is 0 Å². The zero-order chi connectivity index (χ0) is 13.8. The number of alkyl halides is 3. The lowest BCUT2D eigenvalue weighted by molar-refractivity contribution is -0.137. The van der Waals surface area contributed by atoms with Crippen LogP contribution in [0.1, 0.15) is 18.9 Å². The fraction of sp³-hybridized carbons (Fsp3) is 0.500. The summed E-state index contributed by atoms with van der Waals surface area (Å²) in [6, 6.07) is 3.52. The maximum Gasteiger partial charge on any atom is 0.416 e. The smallest absolute Gasteiger partial charge is 0.383 e. The Hall–Kier alpha value is -0.750. The SMILES string of the molecule is CCC(COC)Nc1cc(C(F)(F)F)ccc1Br. The second kappa shape index (κ2) is 6.43. The molecule has 18 heavy (non-hydrogen) atoms. The molecule has 0 aliphatic heterocycles. The number of rotatable bonds is 5. The average molecular weight is 326 g/mol. The number of hydrogen-bond donors (Lipinski definition) is 1. The van der Waals surface area contributed by atoms with Crippen LogP contribution in [0.25, 0.3) is 0 Å². The van der Waals surface area contributed by atoms with E-state index in [0.29, 0.717) is 16.8 Å². The molecule has 0 aliphatic carbocycles. The molecule has 0 saturated carbocycles. The van der Waals surface area contributed by atoms with Gasteiger partial charge in [-0.3, -0.25) is 0 Å². The van der Waals surface area contributed by atoms with Crippen molar-refractivity contribution in [2.45, 2.75) is 25.6 Å². The van der Waals surface area contributed by atoms with E-state index in [-0.39, 0.29) is 6.04 Å². The van der Waals surface area contributed by atoms with Crippen LogP contribution in [0.15, 0.2) is 22.7 Å². The zero-order valence-electron chi connectivity index (χ0n) is 10.1. The van der Waals surface area contributed by atoms with E-state index in [1.165, 1.54) is 6.07 Å². The standard InChI is InChI=1S/C12H15BrF3NO/c1-3-9(7-18-2)17-11-6-8(12(14,15)16)4-5-10(11)13/h4-6,9,17H,3,7H2,1-2H3. The van der Waals surface area contributed by atoms with Crippen LogP contribution in [-0.4, -0.2) is 19.8 Å². The summed E-state index contributed by atoms with van der Waals surface area (Å²) in [5.74, 6) is 0. The Balaban J connectivity index is 2.93. The number of nitrogens with one attached hydrogen (secondary N) is 1. The lowest BCUT2D eigenvalue weighted by Gasteiger charge is -2.19. The van der Waals surface area contributed by atoms with Crippen molar-refractivity contribution in [1.29, 1.82) is 0 Å². The summed E-state index contributed by atoms with van der Waals surface area (Å²) in [5.41, 5.74) is -0.241. The first-order chi connectivity index (χ1) is 8.38. The highest BCUT2D eigenvalue weighted by Gasteiger charge is 2.31. The second-order valence-corrected chi connectivity index (χ2v) is 4.75. The molecule has 0 amide bonds. The zero-order valence-corrected chi connectivity index (χ0v) is 11.7. The summed E-state index contributed by atoms with van der Waals surface area (Å²) in [7, 11) is 1.56. The van der Waals surface area contributed by atoms with Gasteiger partial charge in [0.25, 0.3) is 0 Å². The lowest BCUT2D eigenvalue weighted by Crippen LogP contribution is -2.24. The van der Waals surface area contributed by atoms with E-state index in [9.17, 15) is 13.2 Å². The molecule has 0 heterocycles. The first kappa shape index (κ1) is 15.3. The van der Waals surface area contributed by atoms with Crippen LogP contribution in [-0.2, 0) is 10.9 Å². The number of anilines is 1. The first-order valence-corrected chi connectivity index (χ1v) is 6.30. The molecular formula is C12H15BrF3NO. The van der Waals surface area contributed by atoms with E-state index in [1.807, 2.05) is 6.92 Å². The predicted molar refractivity (Wildman–Crippen MR) is 68.7 cm³/mol. The molecule has 0 aliphatic rings. The van der Waals surface area contributed by atoms with Crippen LogP contribution in [0.4, 0.5) is 18.9 Å². The molecule has 0 spiro atoms. The first-order valence-electron chi connectivity index (χ1n) is 5.50. The lowest BCUT2D eigenvalue weighted by atomic mass is 10.1. The van der Waals surface area contributed by atoms with Crippen LogP contribution in [0, 0.1) is 0 Å². The fourth-order valence-electron chi connectivity index (χ4n) is 1.49. The molecule has 1 aromatic carbocycles. The molecule has 6 heteroatoms. The Bertz CT molecular complexity index is 395. The summed E-state index contributed by atoms with van der Waals surface area (Å²) in [6.45, 7) is 2.39. The minimum atomic E-state index is -4.33. The quantitative estimate of drug-likeness (QED) is 0.871. The van der Waals surface area contributed by atoms with Crippen LogP contribution in [0.5, 0.6) is 0 Å². The van der Waals surface area contributed by atoms with Gasteiger partial charge in [0.05, 0.1) is 12.2 Å². The molecule has 1 atom stereocenters. The van der Waals surface area contributed by atoms with Gasteiger partial charge in [-0.1, -0.05) is 6.92 Å². The monoisotopic (exact) mass is 325 g/mol. The molecule has 0 bridgehead atoms. The van der Waals surface area contributed by atoms with Gasteiger partial charge in [0.15, 0.2) is 0 Å². The van der Waals surface area contributed by atoms with Crippen molar-refractivity contribution in [3.05, 3.63) is 28.2 Å². The van der Waals surface area contributed by atoms with E-state index in [4.69, 9.17) is 4.74 Å². The summed E-state index contributed by atoms with van der Waals surface area (Å²) in [4.78, 5) is 0. The molecule has 1 N–H and O–H groups in total. The van der Waals surface area contributed by atoms with Gasteiger partial charge in [0.2, 0.25) is 0 Å². The van der Waals surface area contributed by atoms with Crippen molar-refractivity contribution in [1.82, 2.24) is 0 Å². The van der Waals surface area contributed by atoms with Gasteiger partial charge in [-0.15, -0.1) is 0 Å². The Morgan fingerprint density at radius 1 is 1.39 bits per heavy atom. The highest BCUT2D eigenvalue weighted by Crippen LogP contribution is 2.34. The fourth-order valence-corrected chi connectivity index (χ4v) is 1.86. The summed E-state index contributed by atoms with van der Waals surface area (Å²) < 4.78 is 43.4. The largest absolute Gasteiger partial charge is 0.416 e. The predicted octanol–water partition coefficient (Wildman–Crippen LogP) is 4.30. The van der Waals surface area contributed by atoms with E-state index in [1.54, 1.807) is 7.11 Å². The number of halogens is 4. The van der Waals surface area contributed by atoms with Gasteiger partial charge in [-0.05, 0) is 40.5 Å². The normalized spacial score (nSPS) is 13.4. The molecule has 0 radical (unpaired) electrons. The number of ether oxygens (including phenoxy) is 1. The molecule has 1 unspecified atom stereocenters. The van der Waals surface area contributed by atoms with E-state index in [2.05, 4.69) is 21.2 Å². The molecule has 2 nitrogen and oxygen atoms in total. The molecule has 1 rings (SSSR count). The van der Waals surface area contributed by atoms with Crippen molar-refractivity contribution in [3.8, 4) is 0 Å². The molecule has 0 saturated heterocycles. The number of benzene rings is 1. The van der Waals surface area contributed by atoms with Crippen LogP contribution in [0.2, 0.25) is 0 Å². The van der Waals surface area contributed by atoms with Crippen LogP contribution in [0.3, 0.4) is 0 Å². The second-order valence-electron chi connectivity index (χ2n) is 3.90. The van der Waals surface area contributed by atoms with Gasteiger partial charge >= 0.3 is 6.18 Å². The van der Waals surface area contributed by atoms with Crippen LogP contribution >= 0.6 is 15.9 Å². The van der Waals surface area contributed by atoms with E-state index >= 15 is 0 Å². The maximum atomic E-state index is 12.6. The van der Waals surface area contributed by atoms with Crippen LogP contribution < -0.4 is 5.32 Å². The molecular weight excluding hydrogens is 311 g/mol. The molecule has 0 aromatic heterocycles. The summed E-state index contributed by atoms with van der Waals surface area (Å²) in [6.07, 6.45) is -3.57. The third-order valence-electron chi connectivity index (χ3n) is 2.51. The number of methoxy groups -OCH3 is 1. The Labute approximate surface area is 113 Å². The van der Waals surface area contributed by atoms with Crippen molar-refractivity contribution >= 4 is 21.6 Å². The van der Waals surface area contributed by atoms with Crippen molar-refractivity contribution in [2.75, 3.05) is 19.0 Å². The van der Waals surface area contributed by atoms with Gasteiger partial charge < -0.3 is 10.1 Å². The Morgan fingerprint density at radius 3 is 2.56 bits per heavy atom. The Kier molecular flexibility index (Phi) is 5.47. The minimum Gasteiger partial charge on any atom is -0.383 e. The third-order valence-corrected chi connectivity index (χ3v) is 3.21. The minimum absolute atomic E-state index is 0.0187. The third kappa shape index (κ3) is 4.17. The Morgan fingerprint density at radius 2 is 2.06 bits per heavy atom. The van der Waals surface area contributed by atoms with Gasteiger partial charge in [-0.25, -0.2) is 0 Å². The molecule has 102 valence electrons. The van der Waals surface area contributed by atoms with Gasteiger partial charge in [0.1, 0.15) is 0 Å². The van der Waals surface area contributed by atoms with Crippen molar-refractivity contribution < 1.29 is 17.9 Å². The number of hydrogen-bond acceptors (Lipinski definition) is 2.